The third kappa shape index (κ3) is 4.25. The zero-order chi connectivity index (χ0) is 19.6. The summed E-state index contributed by atoms with van der Waals surface area (Å²) in [4.78, 5) is 15.8. The van der Waals surface area contributed by atoms with E-state index in [-0.39, 0.29) is 16.8 Å². The van der Waals surface area contributed by atoms with Gasteiger partial charge >= 0.3 is 0 Å². The fourth-order valence-electron chi connectivity index (χ4n) is 3.43. The van der Waals surface area contributed by atoms with Crippen molar-refractivity contribution in [2.24, 2.45) is 0 Å². The van der Waals surface area contributed by atoms with Crippen LogP contribution in [0.2, 0.25) is 0 Å². The molecule has 7 heteroatoms. The number of benzene rings is 1. The molecule has 1 aromatic heterocycles. The van der Waals surface area contributed by atoms with Crippen LogP contribution in [0.25, 0.3) is 0 Å². The Morgan fingerprint density at radius 2 is 2.07 bits per heavy atom. The number of hydrogen-bond donors (Lipinski definition) is 0. The van der Waals surface area contributed by atoms with Crippen molar-refractivity contribution in [1.82, 2.24) is 9.21 Å². The van der Waals surface area contributed by atoms with Crippen molar-refractivity contribution in [3.63, 3.8) is 0 Å². The van der Waals surface area contributed by atoms with Crippen LogP contribution in [0.1, 0.15) is 47.0 Å². The molecule has 0 aliphatic carbocycles. The smallest absolute Gasteiger partial charge is 0.253 e. The molecule has 1 aliphatic heterocycles. The van der Waals surface area contributed by atoms with E-state index in [1.807, 2.05) is 25.3 Å². The first-order valence-corrected chi connectivity index (χ1v) is 11.5. The zero-order valence-corrected chi connectivity index (χ0v) is 17.6. The molecule has 1 saturated heterocycles. The maximum absolute atomic E-state index is 13.0. The number of carbonyl (C=O) groups is 1. The van der Waals surface area contributed by atoms with Crippen LogP contribution in [0.4, 0.5) is 0 Å². The maximum Gasteiger partial charge on any atom is 0.253 e. The van der Waals surface area contributed by atoms with Crippen LogP contribution < -0.4 is 0 Å². The number of piperidine rings is 1. The predicted molar refractivity (Wildman–Crippen MR) is 109 cm³/mol. The molecule has 1 fully saturated rings. The highest BCUT2D eigenvalue weighted by molar-refractivity contribution is 7.89. The molecule has 1 unspecified atom stereocenters. The van der Waals surface area contributed by atoms with Gasteiger partial charge in [-0.2, -0.15) is 4.31 Å². The Hall–Kier alpha value is -1.70. The quantitative estimate of drug-likeness (QED) is 0.757. The molecule has 1 amide bonds. The number of amides is 1. The van der Waals surface area contributed by atoms with Gasteiger partial charge in [0.25, 0.3) is 5.91 Å². The second-order valence-electron chi connectivity index (χ2n) is 7.18. The number of sulfonamides is 1. The highest BCUT2D eigenvalue weighted by Crippen LogP contribution is 2.26. The van der Waals surface area contributed by atoms with E-state index in [1.165, 1.54) is 6.07 Å². The first-order valence-electron chi connectivity index (χ1n) is 9.21. The van der Waals surface area contributed by atoms with E-state index in [1.54, 1.807) is 45.8 Å². The molecule has 0 saturated carbocycles. The first-order chi connectivity index (χ1) is 12.8. The average Bonchev–Trinajstić information content (AvgIpc) is 3.06. The van der Waals surface area contributed by atoms with Crippen molar-refractivity contribution in [3.8, 4) is 0 Å². The van der Waals surface area contributed by atoms with Crippen LogP contribution in [0.15, 0.2) is 40.6 Å². The molecule has 2 heterocycles. The summed E-state index contributed by atoms with van der Waals surface area (Å²) in [5, 5.41) is 2.01. The minimum absolute atomic E-state index is 0.00687. The second-order valence-corrected chi connectivity index (χ2v) is 10.1. The van der Waals surface area contributed by atoms with Crippen LogP contribution >= 0.6 is 11.3 Å². The van der Waals surface area contributed by atoms with Crippen LogP contribution in [0.5, 0.6) is 0 Å². The van der Waals surface area contributed by atoms with E-state index in [9.17, 15) is 13.2 Å². The van der Waals surface area contributed by atoms with Crippen molar-refractivity contribution in [2.45, 2.75) is 50.6 Å². The van der Waals surface area contributed by atoms with Gasteiger partial charge in [-0.3, -0.25) is 4.79 Å². The molecule has 5 nitrogen and oxygen atoms in total. The Balaban J connectivity index is 1.82. The van der Waals surface area contributed by atoms with E-state index < -0.39 is 10.0 Å². The van der Waals surface area contributed by atoms with Crippen molar-refractivity contribution in [1.29, 1.82) is 0 Å². The van der Waals surface area contributed by atoms with Crippen molar-refractivity contribution in [3.05, 3.63) is 51.7 Å². The molecule has 1 atom stereocenters. The Kier molecular flexibility index (Phi) is 6.03. The molecule has 2 aromatic rings. The van der Waals surface area contributed by atoms with E-state index in [0.717, 1.165) is 29.7 Å². The number of hydrogen-bond acceptors (Lipinski definition) is 4. The van der Waals surface area contributed by atoms with Crippen molar-refractivity contribution < 1.29 is 13.2 Å². The fraction of sp³-hybridized carbons (Fsp3) is 0.450. The van der Waals surface area contributed by atoms with Gasteiger partial charge in [0.1, 0.15) is 0 Å². The highest BCUT2D eigenvalue weighted by atomic mass is 32.2. The molecule has 0 radical (unpaired) electrons. The zero-order valence-electron chi connectivity index (χ0n) is 16.0. The summed E-state index contributed by atoms with van der Waals surface area (Å²) in [5.41, 5.74) is 1.56. The normalized spacial score (nSPS) is 18.4. The Morgan fingerprint density at radius 1 is 1.30 bits per heavy atom. The number of rotatable bonds is 5. The van der Waals surface area contributed by atoms with Gasteiger partial charge in [0, 0.05) is 30.1 Å². The molecular formula is C20H26N2O3S2. The Morgan fingerprint density at radius 3 is 2.74 bits per heavy atom. The van der Waals surface area contributed by atoms with Gasteiger partial charge in [0.05, 0.1) is 11.4 Å². The number of carbonyl (C=O) groups excluding carboxylic acids is 1. The minimum Gasteiger partial charge on any atom is -0.337 e. The summed E-state index contributed by atoms with van der Waals surface area (Å²) in [5.74, 6) is -0.174. The molecule has 27 heavy (non-hydrogen) atoms. The van der Waals surface area contributed by atoms with Crippen LogP contribution in [-0.2, 0) is 16.6 Å². The molecule has 3 rings (SSSR count). The van der Waals surface area contributed by atoms with Crippen LogP contribution in [0.3, 0.4) is 0 Å². The molecule has 0 N–H and O–H groups in total. The van der Waals surface area contributed by atoms with Gasteiger partial charge in [0.15, 0.2) is 0 Å². The third-order valence-electron chi connectivity index (χ3n) is 5.13. The minimum atomic E-state index is -3.58. The molecule has 146 valence electrons. The maximum atomic E-state index is 13.0. The monoisotopic (exact) mass is 406 g/mol. The largest absolute Gasteiger partial charge is 0.337 e. The summed E-state index contributed by atoms with van der Waals surface area (Å²) in [7, 11) is -1.84. The van der Waals surface area contributed by atoms with E-state index in [2.05, 4.69) is 0 Å². The van der Waals surface area contributed by atoms with Crippen molar-refractivity contribution >= 4 is 27.3 Å². The van der Waals surface area contributed by atoms with Crippen LogP contribution in [0, 0.1) is 6.92 Å². The van der Waals surface area contributed by atoms with E-state index in [4.69, 9.17) is 0 Å². The second kappa shape index (κ2) is 8.12. The van der Waals surface area contributed by atoms with Gasteiger partial charge in [-0.05, 0) is 61.9 Å². The molecular weight excluding hydrogens is 380 g/mol. The van der Waals surface area contributed by atoms with E-state index in [0.29, 0.717) is 18.7 Å². The molecule has 0 bridgehead atoms. The van der Waals surface area contributed by atoms with Crippen molar-refractivity contribution in [2.75, 3.05) is 13.6 Å². The van der Waals surface area contributed by atoms with Gasteiger partial charge in [0.2, 0.25) is 10.0 Å². The van der Waals surface area contributed by atoms with E-state index >= 15 is 0 Å². The van der Waals surface area contributed by atoms with Gasteiger partial charge in [-0.15, -0.1) is 11.3 Å². The number of aryl methyl sites for hydroxylation is 1. The lowest BCUT2D eigenvalue weighted by Crippen LogP contribution is -2.42. The SMILES string of the molecule is Cc1ccsc1CN(C)C(=O)c1cccc(S(=O)(=O)N2CCCCC2C)c1. The lowest BCUT2D eigenvalue weighted by atomic mass is 10.1. The Labute approximate surface area is 165 Å². The summed E-state index contributed by atoms with van der Waals surface area (Å²) >= 11 is 1.62. The topological polar surface area (TPSA) is 57.7 Å². The lowest BCUT2D eigenvalue weighted by molar-refractivity contribution is 0.0786. The number of thiophene rings is 1. The lowest BCUT2D eigenvalue weighted by Gasteiger charge is -2.32. The van der Waals surface area contributed by atoms with Gasteiger partial charge in [-0.25, -0.2) is 8.42 Å². The summed E-state index contributed by atoms with van der Waals surface area (Å²) in [6.45, 7) is 5.03. The first kappa shape index (κ1) is 20.0. The highest BCUT2D eigenvalue weighted by Gasteiger charge is 2.31. The standard InChI is InChI=1S/C20H26N2O3S2/c1-15-10-12-26-19(15)14-21(3)20(23)17-8-6-9-18(13-17)27(24,25)22-11-5-4-7-16(22)2/h6,8-10,12-13,16H,4-5,7,11,14H2,1-3H3. The fourth-order valence-corrected chi connectivity index (χ4v) is 6.13. The molecule has 1 aliphatic rings. The van der Waals surface area contributed by atoms with Gasteiger partial charge < -0.3 is 4.90 Å². The average molecular weight is 407 g/mol. The van der Waals surface area contributed by atoms with Gasteiger partial charge in [-0.1, -0.05) is 12.5 Å². The number of nitrogens with zero attached hydrogens (tertiary/aromatic N) is 2. The molecule has 0 spiro atoms. The van der Waals surface area contributed by atoms with Crippen LogP contribution in [-0.4, -0.2) is 43.2 Å². The third-order valence-corrected chi connectivity index (χ3v) is 8.14. The summed E-state index contributed by atoms with van der Waals surface area (Å²) in [6, 6.07) is 8.45. The Bertz CT molecular complexity index is 921. The summed E-state index contributed by atoms with van der Waals surface area (Å²) in [6.07, 6.45) is 2.81. The molecule has 1 aromatic carbocycles. The predicted octanol–water partition coefficient (Wildman–Crippen LogP) is 3.89. The summed E-state index contributed by atoms with van der Waals surface area (Å²) < 4.78 is 27.7.